The van der Waals surface area contributed by atoms with Gasteiger partial charge in [0.1, 0.15) is 48.8 Å². The van der Waals surface area contributed by atoms with E-state index in [1.165, 1.54) is 0 Å². The lowest BCUT2D eigenvalue weighted by molar-refractivity contribution is -0.373. The maximum atomic E-state index is 12.0. The number of ether oxygens (including phenoxy) is 5. The third-order valence-corrected chi connectivity index (χ3v) is 15.7. The molecule has 0 spiro atoms. The van der Waals surface area contributed by atoms with Gasteiger partial charge in [-0.2, -0.15) is 0 Å². The van der Waals surface area contributed by atoms with Crippen LogP contribution >= 0.6 is 0 Å². The second-order valence-corrected chi connectivity index (χ2v) is 18.8. The highest BCUT2D eigenvalue weighted by molar-refractivity contribution is 5.18. The molecule has 4 saturated carbocycles. The van der Waals surface area contributed by atoms with Gasteiger partial charge in [-0.05, 0) is 91.8 Å². The predicted octanol–water partition coefficient (Wildman–Crippen LogP) is 0.395. The van der Waals surface area contributed by atoms with E-state index >= 15 is 0 Å². The van der Waals surface area contributed by atoms with Crippen molar-refractivity contribution in [1.82, 2.24) is 0 Å². The number of aliphatic hydroxyl groups excluding tert-OH is 8. The van der Waals surface area contributed by atoms with Crippen molar-refractivity contribution in [3.8, 4) is 0 Å². The van der Waals surface area contributed by atoms with Crippen molar-refractivity contribution in [2.45, 2.75) is 178 Å². The number of hydrogen-bond acceptors (Lipinski definition) is 14. The molecule has 306 valence electrons. The molecule has 0 aromatic rings. The van der Waals surface area contributed by atoms with E-state index in [1.54, 1.807) is 0 Å². The quantitative estimate of drug-likeness (QED) is 0.145. The molecule has 14 heteroatoms. The molecule has 2 unspecified atom stereocenters. The van der Waals surface area contributed by atoms with Crippen molar-refractivity contribution in [2.75, 3.05) is 13.2 Å². The first kappa shape index (κ1) is 40.6. The molecule has 0 bridgehead atoms. The summed E-state index contributed by atoms with van der Waals surface area (Å²) in [5.74, 6) is 0.445. The van der Waals surface area contributed by atoms with Crippen LogP contribution in [0.2, 0.25) is 0 Å². The van der Waals surface area contributed by atoms with E-state index in [1.807, 2.05) is 0 Å². The highest BCUT2D eigenvalue weighted by Gasteiger charge is 2.71. The van der Waals surface area contributed by atoms with Crippen LogP contribution in [0, 0.1) is 52.3 Å². The summed E-state index contributed by atoms with van der Waals surface area (Å²) in [6.45, 7) is 9.90. The maximum absolute atomic E-state index is 12.0. The molecule has 0 radical (unpaired) electrons. The Morgan fingerprint density at radius 3 is 2.02 bits per heavy atom. The first-order valence-electron chi connectivity index (χ1n) is 20.3. The Kier molecular flexibility index (Phi) is 11.5. The van der Waals surface area contributed by atoms with Gasteiger partial charge in [-0.15, -0.1) is 0 Å². The molecule has 14 nitrogen and oxygen atoms in total. The summed E-state index contributed by atoms with van der Waals surface area (Å²) in [4.78, 5) is 0. The smallest absolute Gasteiger partial charge is 0.187 e. The van der Waals surface area contributed by atoms with Crippen LogP contribution in [0.15, 0.2) is 0 Å². The summed E-state index contributed by atoms with van der Waals surface area (Å²) in [5.41, 5.74) is -0.117. The summed E-state index contributed by atoms with van der Waals surface area (Å²) in [6, 6.07) is 0. The summed E-state index contributed by atoms with van der Waals surface area (Å²) in [5, 5.41) is 96.3. The minimum atomic E-state index is -1.74. The molecular formula is C39H66O14. The first-order valence-corrected chi connectivity index (χ1v) is 20.3. The van der Waals surface area contributed by atoms with Gasteiger partial charge in [0.05, 0.1) is 31.5 Å². The molecule has 53 heavy (non-hydrogen) atoms. The molecule has 22 atom stereocenters. The molecule has 7 rings (SSSR count). The third-order valence-electron chi connectivity index (χ3n) is 15.7. The molecule has 0 aromatic carbocycles. The van der Waals surface area contributed by atoms with Crippen LogP contribution in [0.3, 0.4) is 0 Å². The van der Waals surface area contributed by atoms with Crippen molar-refractivity contribution < 1.29 is 69.6 Å². The van der Waals surface area contributed by atoms with Crippen LogP contribution in [-0.4, -0.2) is 145 Å². The Balaban J connectivity index is 1.04. The Bertz CT molecular complexity index is 1270. The predicted molar refractivity (Wildman–Crippen MR) is 186 cm³/mol. The van der Waals surface area contributed by atoms with Crippen molar-refractivity contribution in [3.05, 3.63) is 0 Å². The molecule has 3 saturated heterocycles. The summed E-state index contributed by atoms with van der Waals surface area (Å²) >= 11 is 0. The van der Waals surface area contributed by atoms with Crippen LogP contribution in [0.4, 0.5) is 0 Å². The monoisotopic (exact) mass is 758 g/mol. The van der Waals surface area contributed by atoms with Gasteiger partial charge in [0.25, 0.3) is 0 Å². The fourth-order valence-corrected chi connectivity index (χ4v) is 12.7. The summed E-state index contributed by atoms with van der Waals surface area (Å²) in [6.07, 6.45) is -8.50. The molecular weight excluding hydrogens is 692 g/mol. The first-order chi connectivity index (χ1) is 25.0. The minimum absolute atomic E-state index is 0.00892. The zero-order chi connectivity index (χ0) is 38.4. The molecule has 3 heterocycles. The zero-order valence-corrected chi connectivity index (χ0v) is 31.9. The Hall–Kier alpha value is -0.560. The zero-order valence-electron chi connectivity index (χ0n) is 31.9. The average molecular weight is 759 g/mol. The average Bonchev–Trinajstić information content (AvgIpc) is 3.52. The van der Waals surface area contributed by atoms with Gasteiger partial charge in [0.2, 0.25) is 0 Å². The van der Waals surface area contributed by atoms with Crippen LogP contribution in [0.25, 0.3) is 0 Å². The van der Waals surface area contributed by atoms with E-state index in [4.69, 9.17) is 23.7 Å². The lowest BCUT2D eigenvalue weighted by Gasteiger charge is -2.61. The van der Waals surface area contributed by atoms with Gasteiger partial charge >= 0.3 is 0 Å². The second-order valence-electron chi connectivity index (χ2n) is 18.8. The van der Waals surface area contributed by atoms with Crippen LogP contribution in [0.1, 0.15) is 92.4 Å². The molecule has 7 fully saturated rings. The molecule has 3 aliphatic heterocycles. The van der Waals surface area contributed by atoms with E-state index in [0.717, 1.165) is 38.5 Å². The Morgan fingerprint density at radius 2 is 1.36 bits per heavy atom. The van der Waals surface area contributed by atoms with Crippen molar-refractivity contribution in [1.29, 1.82) is 0 Å². The summed E-state index contributed by atoms with van der Waals surface area (Å²) < 4.78 is 30.4. The fraction of sp³-hybridized carbons (Fsp3) is 1.00. The summed E-state index contributed by atoms with van der Waals surface area (Å²) in [7, 11) is 0. The normalized spacial score (nSPS) is 56.8. The van der Waals surface area contributed by atoms with E-state index in [0.29, 0.717) is 42.9 Å². The van der Waals surface area contributed by atoms with Crippen LogP contribution in [-0.2, 0) is 23.7 Å². The highest BCUT2D eigenvalue weighted by atomic mass is 16.8. The largest absolute Gasteiger partial charge is 0.394 e. The molecule has 0 aromatic heterocycles. The van der Waals surface area contributed by atoms with Gasteiger partial charge in [-0.1, -0.05) is 34.6 Å². The Labute approximate surface area is 312 Å². The SMILES string of the molecule is CC(C)CCC1(O)O[C@H]2[C@H](O)[C@H]3[C@@H]4CCC5C[C@@H](O[C@@H]6O[C@H](CO)[C@H](O)[C@H](O)[C@H]6O[C@@H]6O[C@H](CO)[C@@H](O)[C@H](O)[C@H]6O)CC[C@]5(C)[C@H]4CC[C@]3(C)[C@H]2[C@@H]1C. The van der Waals surface area contributed by atoms with Gasteiger partial charge in [0, 0.05) is 18.3 Å². The number of rotatable bonds is 9. The lowest BCUT2D eigenvalue weighted by Crippen LogP contribution is -2.65. The maximum Gasteiger partial charge on any atom is 0.187 e. The number of aliphatic hydroxyl groups is 9. The van der Waals surface area contributed by atoms with Crippen molar-refractivity contribution in [2.24, 2.45) is 52.3 Å². The molecule has 4 aliphatic carbocycles. The Morgan fingerprint density at radius 1 is 0.717 bits per heavy atom. The van der Waals surface area contributed by atoms with E-state index in [-0.39, 0.29) is 40.8 Å². The third kappa shape index (κ3) is 6.66. The van der Waals surface area contributed by atoms with Gasteiger partial charge in [-0.25, -0.2) is 0 Å². The molecule has 9 N–H and O–H groups in total. The lowest BCUT2D eigenvalue weighted by atomic mass is 9.44. The van der Waals surface area contributed by atoms with E-state index in [2.05, 4.69) is 34.6 Å². The number of fused-ring (bicyclic) bond motifs is 7. The standard InChI is InChI=1S/C39H66O14/c1-17(2)8-13-39(48)18(3)25-33(53-39)29(44)26-21-7-6-19-14-20(9-11-37(19,4)22(21)10-12-38(25,26)5)49-36-34(31(46)28(43)24(16-41)51-36)52-35-32(47)30(45)27(42)23(15-40)50-35/h17-36,40-48H,6-16H2,1-5H3/t18-,19?,20-,21+,22-,23+,24+,25-,26+,27+,28-,29+,30-,31-,32+,33+,34+,35-,36+,37-,38+,39?/m0/s1. The fourth-order valence-electron chi connectivity index (χ4n) is 12.7. The molecule has 7 aliphatic rings. The van der Waals surface area contributed by atoms with Crippen LogP contribution in [0.5, 0.6) is 0 Å². The number of hydrogen-bond donors (Lipinski definition) is 9. The highest BCUT2D eigenvalue weighted by Crippen LogP contribution is 2.71. The van der Waals surface area contributed by atoms with Crippen LogP contribution < -0.4 is 0 Å². The van der Waals surface area contributed by atoms with Gasteiger partial charge in [0.15, 0.2) is 18.4 Å². The topological polar surface area (TPSA) is 228 Å². The second kappa shape index (κ2) is 15.0. The minimum Gasteiger partial charge on any atom is -0.394 e. The van der Waals surface area contributed by atoms with E-state index < -0.39 is 86.5 Å². The van der Waals surface area contributed by atoms with Gasteiger partial charge < -0.3 is 69.6 Å². The van der Waals surface area contributed by atoms with E-state index in [9.17, 15) is 46.0 Å². The van der Waals surface area contributed by atoms with Gasteiger partial charge in [-0.3, -0.25) is 0 Å². The van der Waals surface area contributed by atoms with Crippen molar-refractivity contribution >= 4 is 0 Å². The molecule has 0 amide bonds. The van der Waals surface area contributed by atoms with Crippen molar-refractivity contribution in [3.63, 3.8) is 0 Å².